The summed E-state index contributed by atoms with van der Waals surface area (Å²) < 4.78 is 22.5. The summed E-state index contributed by atoms with van der Waals surface area (Å²) in [7, 11) is -2.85. The zero-order valence-electron chi connectivity index (χ0n) is 12.2. The Bertz CT molecular complexity index is 502. The SMILES string of the molecule is CS(=O)(=O)CCN1CCCN(Cc2ccccc2)CC1. The van der Waals surface area contributed by atoms with Gasteiger partial charge in [-0.05, 0) is 25.1 Å². The van der Waals surface area contributed by atoms with E-state index >= 15 is 0 Å². The number of rotatable bonds is 5. The van der Waals surface area contributed by atoms with Crippen LogP contribution in [0.15, 0.2) is 30.3 Å². The molecule has 1 saturated heterocycles. The molecule has 1 heterocycles. The second kappa shape index (κ2) is 7.20. The van der Waals surface area contributed by atoms with E-state index in [0.29, 0.717) is 6.54 Å². The molecule has 20 heavy (non-hydrogen) atoms. The van der Waals surface area contributed by atoms with E-state index in [0.717, 1.165) is 39.1 Å². The van der Waals surface area contributed by atoms with Gasteiger partial charge in [0.1, 0.15) is 9.84 Å². The molecule has 1 fully saturated rings. The lowest BCUT2D eigenvalue weighted by atomic mass is 10.2. The predicted octanol–water partition coefficient (Wildman–Crippen LogP) is 1.24. The van der Waals surface area contributed by atoms with Crippen molar-refractivity contribution in [3.05, 3.63) is 35.9 Å². The fourth-order valence-corrected chi connectivity index (χ4v) is 3.13. The van der Waals surface area contributed by atoms with Gasteiger partial charge in [-0.3, -0.25) is 4.90 Å². The highest BCUT2D eigenvalue weighted by Gasteiger charge is 2.16. The molecular weight excluding hydrogens is 272 g/mol. The van der Waals surface area contributed by atoms with Crippen LogP contribution in [0.4, 0.5) is 0 Å². The van der Waals surface area contributed by atoms with E-state index in [1.807, 2.05) is 6.07 Å². The molecule has 2 rings (SSSR count). The van der Waals surface area contributed by atoms with E-state index in [9.17, 15) is 8.42 Å². The third-order valence-electron chi connectivity index (χ3n) is 3.71. The maximum Gasteiger partial charge on any atom is 0.148 e. The van der Waals surface area contributed by atoms with Crippen LogP contribution in [0, 0.1) is 0 Å². The summed E-state index contributed by atoms with van der Waals surface area (Å²) in [5.41, 5.74) is 1.34. The number of hydrogen-bond acceptors (Lipinski definition) is 4. The van der Waals surface area contributed by atoms with Gasteiger partial charge in [0, 0.05) is 32.4 Å². The summed E-state index contributed by atoms with van der Waals surface area (Å²) in [6, 6.07) is 10.5. The Balaban J connectivity index is 1.80. The highest BCUT2D eigenvalue weighted by atomic mass is 32.2. The van der Waals surface area contributed by atoms with Crippen LogP contribution in [0.3, 0.4) is 0 Å². The molecule has 4 nitrogen and oxygen atoms in total. The lowest BCUT2D eigenvalue weighted by molar-refractivity contribution is 0.258. The average molecular weight is 296 g/mol. The van der Waals surface area contributed by atoms with Crippen LogP contribution < -0.4 is 0 Å². The van der Waals surface area contributed by atoms with Gasteiger partial charge in [0.15, 0.2) is 0 Å². The fourth-order valence-electron chi connectivity index (χ4n) is 2.54. The summed E-state index contributed by atoms with van der Waals surface area (Å²) in [4.78, 5) is 4.72. The second-order valence-corrected chi connectivity index (χ2v) is 7.85. The van der Waals surface area contributed by atoms with Gasteiger partial charge in [-0.2, -0.15) is 0 Å². The molecule has 1 aromatic rings. The van der Waals surface area contributed by atoms with Crippen molar-refractivity contribution < 1.29 is 8.42 Å². The molecular formula is C15H24N2O2S. The molecule has 1 aromatic carbocycles. The normalized spacial score (nSPS) is 18.9. The van der Waals surface area contributed by atoms with Gasteiger partial charge in [0.05, 0.1) is 5.75 Å². The molecule has 0 bridgehead atoms. The first-order chi connectivity index (χ1) is 9.53. The van der Waals surface area contributed by atoms with Crippen LogP contribution in [-0.2, 0) is 16.4 Å². The monoisotopic (exact) mass is 296 g/mol. The highest BCUT2D eigenvalue weighted by Crippen LogP contribution is 2.09. The maximum absolute atomic E-state index is 11.2. The minimum absolute atomic E-state index is 0.270. The molecule has 0 spiro atoms. The Labute approximate surface area is 122 Å². The van der Waals surface area contributed by atoms with Crippen molar-refractivity contribution in [3.63, 3.8) is 0 Å². The first-order valence-electron chi connectivity index (χ1n) is 7.19. The van der Waals surface area contributed by atoms with Crippen molar-refractivity contribution in [2.45, 2.75) is 13.0 Å². The molecule has 5 heteroatoms. The average Bonchev–Trinajstić information content (AvgIpc) is 2.62. The first kappa shape index (κ1) is 15.5. The van der Waals surface area contributed by atoms with Crippen molar-refractivity contribution >= 4 is 9.84 Å². The van der Waals surface area contributed by atoms with E-state index in [2.05, 4.69) is 34.1 Å². The third-order valence-corrected chi connectivity index (χ3v) is 4.63. The summed E-state index contributed by atoms with van der Waals surface area (Å²) in [5, 5.41) is 0. The van der Waals surface area contributed by atoms with E-state index in [4.69, 9.17) is 0 Å². The molecule has 0 amide bonds. The molecule has 0 saturated carbocycles. The summed E-state index contributed by atoms with van der Waals surface area (Å²) in [5.74, 6) is 0.270. The Morgan fingerprint density at radius 3 is 2.35 bits per heavy atom. The molecule has 1 aliphatic heterocycles. The Kier molecular flexibility index (Phi) is 5.57. The lowest BCUT2D eigenvalue weighted by Gasteiger charge is -2.21. The van der Waals surface area contributed by atoms with Crippen molar-refractivity contribution in [3.8, 4) is 0 Å². The quantitative estimate of drug-likeness (QED) is 0.820. The highest BCUT2D eigenvalue weighted by molar-refractivity contribution is 7.90. The van der Waals surface area contributed by atoms with Gasteiger partial charge < -0.3 is 4.90 Å². The smallest absolute Gasteiger partial charge is 0.148 e. The largest absolute Gasteiger partial charge is 0.301 e. The minimum Gasteiger partial charge on any atom is -0.301 e. The maximum atomic E-state index is 11.2. The van der Waals surface area contributed by atoms with Crippen LogP contribution >= 0.6 is 0 Å². The van der Waals surface area contributed by atoms with Crippen molar-refractivity contribution in [1.82, 2.24) is 9.80 Å². The number of benzene rings is 1. The van der Waals surface area contributed by atoms with E-state index in [1.54, 1.807) is 0 Å². The number of nitrogens with zero attached hydrogens (tertiary/aromatic N) is 2. The standard InChI is InChI=1S/C15H24N2O2S/c1-20(18,19)13-12-16-8-5-9-17(11-10-16)14-15-6-3-2-4-7-15/h2-4,6-7H,5,8-14H2,1H3. The minimum atomic E-state index is -2.85. The van der Waals surface area contributed by atoms with Gasteiger partial charge in [-0.25, -0.2) is 8.42 Å². The molecule has 0 N–H and O–H groups in total. The molecule has 0 aromatic heterocycles. The Morgan fingerprint density at radius 1 is 1.00 bits per heavy atom. The predicted molar refractivity (Wildman–Crippen MR) is 82.5 cm³/mol. The third kappa shape index (κ3) is 5.61. The molecule has 0 aliphatic carbocycles. The Hall–Kier alpha value is -0.910. The van der Waals surface area contributed by atoms with Gasteiger partial charge in [0.25, 0.3) is 0 Å². The van der Waals surface area contributed by atoms with E-state index in [-0.39, 0.29) is 5.75 Å². The van der Waals surface area contributed by atoms with Crippen LogP contribution in [-0.4, -0.2) is 63.0 Å². The zero-order valence-corrected chi connectivity index (χ0v) is 13.0. The first-order valence-corrected chi connectivity index (χ1v) is 9.25. The van der Waals surface area contributed by atoms with Gasteiger partial charge in [-0.1, -0.05) is 30.3 Å². The van der Waals surface area contributed by atoms with Crippen molar-refractivity contribution in [2.75, 3.05) is 44.7 Å². The molecule has 0 radical (unpaired) electrons. The van der Waals surface area contributed by atoms with E-state index in [1.165, 1.54) is 11.8 Å². The van der Waals surface area contributed by atoms with E-state index < -0.39 is 9.84 Å². The van der Waals surface area contributed by atoms with Gasteiger partial charge in [-0.15, -0.1) is 0 Å². The van der Waals surface area contributed by atoms with Crippen LogP contribution in [0.25, 0.3) is 0 Å². The van der Waals surface area contributed by atoms with Gasteiger partial charge >= 0.3 is 0 Å². The number of sulfone groups is 1. The lowest BCUT2D eigenvalue weighted by Crippen LogP contribution is -2.33. The summed E-state index contributed by atoms with van der Waals surface area (Å²) >= 11 is 0. The second-order valence-electron chi connectivity index (χ2n) is 5.59. The Morgan fingerprint density at radius 2 is 1.65 bits per heavy atom. The fraction of sp³-hybridized carbons (Fsp3) is 0.600. The van der Waals surface area contributed by atoms with Crippen LogP contribution in [0.1, 0.15) is 12.0 Å². The summed E-state index contributed by atoms with van der Waals surface area (Å²) in [6.07, 6.45) is 2.42. The summed E-state index contributed by atoms with van der Waals surface area (Å²) in [6.45, 7) is 5.71. The van der Waals surface area contributed by atoms with Crippen molar-refractivity contribution in [2.24, 2.45) is 0 Å². The van der Waals surface area contributed by atoms with Gasteiger partial charge in [0.2, 0.25) is 0 Å². The number of hydrogen-bond donors (Lipinski definition) is 0. The molecule has 112 valence electrons. The topological polar surface area (TPSA) is 40.6 Å². The van der Waals surface area contributed by atoms with Crippen molar-refractivity contribution in [1.29, 1.82) is 0 Å². The van der Waals surface area contributed by atoms with Crippen LogP contribution in [0.2, 0.25) is 0 Å². The molecule has 1 aliphatic rings. The molecule has 0 atom stereocenters. The molecule has 0 unspecified atom stereocenters. The van der Waals surface area contributed by atoms with Crippen LogP contribution in [0.5, 0.6) is 0 Å². The zero-order chi connectivity index (χ0) is 14.4.